The number of hydrogen-bond donors (Lipinski definition) is 2. The van der Waals surface area contributed by atoms with Crippen LogP contribution in [-0.2, 0) is 4.74 Å². The molecule has 94 valence electrons. The van der Waals surface area contributed by atoms with E-state index in [0.717, 1.165) is 24.4 Å². The molecular weight excluding hydrogens is 216 g/mol. The summed E-state index contributed by atoms with van der Waals surface area (Å²) in [6.45, 7) is 2.12. The molecule has 0 saturated heterocycles. The molecular formula is C12H20N4O. The summed E-state index contributed by atoms with van der Waals surface area (Å²) >= 11 is 0. The van der Waals surface area contributed by atoms with E-state index >= 15 is 0 Å². The summed E-state index contributed by atoms with van der Waals surface area (Å²) in [5.41, 5.74) is 3.69. The molecule has 1 fully saturated rings. The highest BCUT2D eigenvalue weighted by molar-refractivity contribution is 5.37. The van der Waals surface area contributed by atoms with E-state index in [1.807, 2.05) is 6.07 Å². The smallest absolute Gasteiger partial charge is 0.159 e. The van der Waals surface area contributed by atoms with E-state index in [2.05, 4.69) is 22.3 Å². The zero-order valence-electron chi connectivity index (χ0n) is 10.4. The number of nitrogens with zero attached hydrogens (tertiary/aromatic N) is 2. The molecule has 17 heavy (non-hydrogen) atoms. The first-order chi connectivity index (χ1) is 8.28. The van der Waals surface area contributed by atoms with E-state index < -0.39 is 0 Å². The molecule has 1 heterocycles. The largest absolute Gasteiger partial charge is 0.373 e. The van der Waals surface area contributed by atoms with Gasteiger partial charge in [0.15, 0.2) is 5.82 Å². The van der Waals surface area contributed by atoms with E-state index in [-0.39, 0.29) is 6.10 Å². The van der Waals surface area contributed by atoms with Crippen molar-refractivity contribution in [2.75, 3.05) is 12.5 Å². The zero-order valence-corrected chi connectivity index (χ0v) is 10.4. The fourth-order valence-corrected chi connectivity index (χ4v) is 1.91. The average Bonchev–Trinajstić information content (AvgIpc) is 3.19. The van der Waals surface area contributed by atoms with Crippen molar-refractivity contribution in [3.63, 3.8) is 0 Å². The normalized spacial score (nSPS) is 16.9. The van der Waals surface area contributed by atoms with Crippen LogP contribution in [0.5, 0.6) is 0 Å². The van der Waals surface area contributed by atoms with Gasteiger partial charge >= 0.3 is 0 Å². The SMILES string of the molecule is CCCC(OC)c1nc(NN)cc(C2CC2)n1. The summed E-state index contributed by atoms with van der Waals surface area (Å²) in [4.78, 5) is 8.98. The van der Waals surface area contributed by atoms with Crippen LogP contribution in [0.1, 0.15) is 56.1 Å². The lowest BCUT2D eigenvalue weighted by Gasteiger charge is -2.15. The molecule has 0 radical (unpaired) electrons. The minimum absolute atomic E-state index is 0.0363. The first-order valence-electron chi connectivity index (χ1n) is 6.16. The van der Waals surface area contributed by atoms with Gasteiger partial charge in [0.1, 0.15) is 11.9 Å². The maximum Gasteiger partial charge on any atom is 0.159 e. The lowest BCUT2D eigenvalue weighted by Crippen LogP contribution is -2.14. The summed E-state index contributed by atoms with van der Waals surface area (Å²) < 4.78 is 5.44. The Bertz CT molecular complexity index is 379. The van der Waals surface area contributed by atoms with Gasteiger partial charge in [-0.15, -0.1) is 0 Å². The topological polar surface area (TPSA) is 73.1 Å². The number of anilines is 1. The second kappa shape index (κ2) is 5.42. The number of hydrogen-bond acceptors (Lipinski definition) is 5. The zero-order chi connectivity index (χ0) is 12.3. The third kappa shape index (κ3) is 2.92. The number of nitrogen functional groups attached to an aromatic ring is 1. The van der Waals surface area contributed by atoms with Gasteiger partial charge in [-0.3, -0.25) is 0 Å². The third-order valence-corrected chi connectivity index (χ3v) is 3.03. The van der Waals surface area contributed by atoms with E-state index in [1.54, 1.807) is 7.11 Å². The highest BCUT2D eigenvalue weighted by Crippen LogP contribution is 2.40. The van der Waals surface area contributed by atoms with Crippen LogP contribution < -0.4 is 11.3 Å². The van der Waals surface area contributed by atoms with Crippen molar-refractivity contribution in [2.24, 2.45) is 5.84 Å². The number of nitrogens with two attached hydrogens (primary N) is 1. The highest BCUT2D eigenvalue weighted by atomic mass is 16.5. The fraction of sp³-hybridized carbons (Fsp3) is 0.667. The number of aromatic nitrogens is 2. The Morgan fingerprint density at radius 3 is 2.82 bits per heavy atom. The Balaban J connectivity index is 2.27. The Hall–Kier alpha value is -1.20. The van der Waals surface area contributed by atoms with Gasteiger partial charge in [-0.25, -0.2) is 15.8 Å². The standard InChI is InChI=1S/C12H20N4O/c1-3-4-10(17-2)12-14-9(8-5-6-8)7-11(15-12)16-13/h7-8,10H,3-6,13H2,1-2H3,(H,14,15,16). The van der Waals surface area contributed by atoms with Crippen molar-refractivity contribution >= 4 is 5.82 Å². The monoisotopic (exact) mass is 236 g/mol. The van der Waals surface area contributed by atoms with Crippen molar-refractivity contribution < 1.29 is 4.74 Å². The molecule has 0 amide bonds. The van der Waals surface area contributed by atoms with Gasteiger partial charge in [-0.2, -0.15) is 0 Å². The van der Waals surface area contributed by atoms with Crippen molar-refractivity contribution in [1.82, 2.24) is 9.97 Å². The van der Waals surface area contributed by atoms with E-state index in [4.69, 9.17) is 10.6 Å². The minimum atomic E-state index is -0.0363. The molecule has 1 unspecified atom stereocenters. The molecule has 0 bridgehead atoms. The van der Waals surface area contributed by atoms with E-state index in [9.17, 15) is 0 Å². The van der Waals surface area contributed by atoms with Crippen molar-refractivity contribution in [1.29, 1.82) is 0 Å². The minimum Gasteiger partial charge on any atom is -0.373 e. The Morgan fingerprint density at radius 2 is 2.29 bits per heavy atom. The van der Waals surface area contributed by atoms with Crippen molar-refractivity contribution in [3.05, 3.63) is 17.6 Å². The molecule has 1 aliphatic rings. The van der Waals surface area contributed by atoms with Gasteiger partial charge in [-0.1, -0.05) is 13.3 Å². The summed E-state index contributed by atoms with van der Waals surface area (Å²) in [6.07, 6.45) is 4.36. The predicted molar refractivity (Wildman–Crippen MR) is 66.5 cm³/mol. The molecule has 1 aromatic rings. The Morgan fingerprint density at radius 1 is 1.53 bits per heavy atom. The van der Waals surface area contributed by atoms with Gasteiger partial charge in [-0.05, 0) is 19.3 Å². The Labute approximate surface area is 102 Å². The Kier molecular flexibility index (Phi) is 3.91. The lowest BCUT2D eigenvalue weighted by molar-refractivity contribution is 0.0875. The van der Waals surface area contributed by atoms with Gasteiger partial charge in [0, 0.05) is 24.8 Å². The fourth-order valence-electron chi connectivity index (χ4n) is 1.91. The van der Waals surface area contributed by atoms with Gasteiger partial charge in [0.05, 0.1) is 0 Å². The summed E-state index contributed by atoms with van der Waals surface area (Å²) in [5, 5.41) is 0. The molecule has 0 spiro atoms. The van der Waals surface area contributed by atoms with Gasteiger partial charge in [0.2, 0.25) is 0 Å². The van der Waals surface area contributed by atoms with Gasteiger partial charge in [0.25, 0.3) is 0 Å². The lowest BCUT2D eigenvalue weighted by atomic mass is 10.2. The molecule has 1 atom stereocenters. The first kappa shape index (κ1) is 12.3. The molecule has 5 heteroatoms. The first-order valence-corrected chi connectivity index (χ1v) is 6.16. The molecule has 3 N–H and O–H groups in total. The van der Waals surface area contributed by atoms with Crippen LogP contribution in [0.4, 0.5) is 5.82 Å². The van der Waals surface area contributed by atoms with Crippen LogP contribution in [0.2, 0.25) is 0 Å². The number of ether oxygens (including phenoxy) is 1. The molecule has 1 aliphatic carbocycles. The highest BCUT2D eigenvalue weighted by Gasteiger charge is 2.27. The van der Waals surface area contributed by atoms with E-state index in [1.165, 1.54) is 12.8 Å². The van der Waals surface area contributed by atoms with Crippen LogP contribution in [-0.4, -0.2) is 17.1 Å². The van der Waals surface area contributed by atoms with Gasteiger partial charge < -0.3 is 10.2 Å². The van der Waals surface area contributed by atoms with Crippen LogP contribution in [0.3, 0.4) is 0 Å². The maximum atomic E-state index is 5.44. The second-order valence-corrected chi connectivity index (χ2v) is 4.47. The maximum absolute atomic E-state index is 5.44. The number of nitrogens with one attached hydrogen (secondary N) is 1. The molecule has 1 aromatic heterocycles. The predicted octanol–water partition coefficient (Wildman–Crippen LogP) is 2.13. The number of methoxy groups -OCH3 is 1. The summed E-state index contributed by atoms with van der Waals surface area (Å²) in [5.74, 6) is 7.45. The molecule has 0 aromatic carbocycles. The van der Waals surface area contributed by atoms with Crippen LogP contribution in [0.25, 0.3) is 0 Å². The number of rotatable bonds is 6. The molecule has 1 saturated carbocycles. The molecule has 0 aliphatic heterocycles. The average molecular weight is 236 g/mol. The third-order valence-electron chi connectivity index (χ3n) is 3.03. The summed E-state index contributed by atoms with van der Waals surface area (Å²) in [7, 11) is 1.70. The quantitative estimate of drug-likeness (QED) is 0.584. The van der Waals surface area contributed by atoms with Crippen LogP contribution in [0, 0.1) is 0 Å². The van der Waals surface area contributed by atoms with Crippen LogP contribution in [0.15, 0.2) is 6.07 Å². The number of hydrazine groups is 1. The second-order valence-electron chi connectivity index (χ2n) is 4.47. The van der Waals surface area contributed by atoms with Crippen LogP contribution >= 0.6 is 0 Å². The summed E-state index contributed by atoms with van der Waals surface area (Å²) in [6, 6.07) is 1.93. The molecule has 5 nitrogen and oxygen atoms in total. The van der Waals surface area contributed by atoms with E-state index in [0.29, 0.717) is 11.7 Å². The van der Waals surface area contributed by atoms with Crippen molar-refractivity contribution in [3.8, 4) is 0 Å². The molecule has 2 rings (SSSR count). The van der Waals surface area contributed by atoms with Crippen molar-refractivity contribution in [2.45, 2.75) is 44.6 Å².